The number of nitrogens with zero attached hydrogens (tertiary/aromatic N) is 2. The fraction of sp³-hybridized carbons (Fsp3) is 0.333. The standard InChI is InChI=1S/C15H17F3N4O2/c1-9(8-20-14(24)15(16,17)18)12-11(19)13(23)22(21(12)2)10-6-4-3-5-7-10/h3-7,9H,8,19H2,1-2H3,(H,20,24)/t9-/m0/s1. The van der Waals surface area contributed by atoms with Crippen molar-refractivity contribution in [2.24, 2.45) is 7.05 Å². The molecule has 2 aromatic rings. The van der Waals surface area contributed by atoms with E-state index < -0.39 is 23.6 Å². The summed E-state index contributed by atoms with van der Waals surface area (Å²) in [5, 5.41) is 1.80. The first-order chi connectivity index (χ1) is 11.1. The summed E-state index contributed by atoms with van der Waals surface area (Å²) in [6.45, 7) is 1.28. The van der Waals surface area contributed by atoms with Gasteiger partial charge in [-0.05, 0) is 12.1 Å². The lowest BCUT2D eigenvalue weighted by Crippen LogP contribution is -2.38. The number of benzene rings is 1. The molecule has 1 amide bonds. The van der Waals surface area contributed by atoms with Crippen LogP contribution in [0.25, 0.3) is 5.69 Å². The van der Waals surface area contributed by atoms with Gasteiger partial charge in [0.05, 0.1) is 11.4 Å². The van der Waals surface area contributed by atoms with Crippen LogP contribution in [-0.4, -0.2) is 28.0 Å². The lowest BCUT2D eigenvalue weighted by atomic mass is 10.1. The molecule has 0 aliphatic heterocycles. The summed E-state index contributed by atoms with van der Waals surface area (Å²) in [5.74, 6) is -2.61. The van der Waals surface area contributed by atoms with Crippen molar-refractivity contribution in [1.82, 2.24) is 14.7 Å². The Bertz CT molecular complexity index is 794. The fourth-order valence-corrected chi connectivity index (χ4v) is 2.53. The Morgan fingerprint density at radius 1 is 1.29 bits per heavy atom. The van der Waals surface area contributed by atoms with Crippen LogP contribution in [0.3, 0.4) is 0 Å². The summed E-state index contributed by atoms with van der Waals surface area (Å²) in [4.78, 5) is 23.3. The highest BCUT2D eigenvalue weighted by Gasteiger charge is 2.38. The molecule has 0 unspecified atom stereocenters. The number of rotatable bonds is 4. The lowest BCUT2D eigenvalue weighted by Gasteiger charge is -2.16. The van der Waals surface area contributed by atoms with E-state index in [4.69, 9.17) is 5.73 Å². The van der Waals surface area contributed by atoms with Crippen LogP contribution in [0.2, 0.25) is 0 Å². The molecule has 0 saturated carbocycles. The number of anilines is 1. The first kappa shape index (κ1) is 17.6. The average Bonchev–Trinajstić information content (AvgIpc) is 2.74. The Hall–Kier alpha value is -2.71. The number of hydrogen-bond acceptors (Lipinski definition) is 3. The number of halogens is 3. The SMILES string of the molecule is C[C@@H](CNC(=O)C(F)(F)F)c1c(N)c(=O)n(-c2ccccc2)n1C. The third kappa shape index (κ3) is 3.29. The summed E-state index contributed by atoms with van der Waals surface area (Å²) in [7, 11) is 1.59. The summed E-state index contributed by atoms with van der Waals surface area (Å²) < 4.78 is 39.6. The molecule has 0 saturated heterocycles. The van der Waals surface area contributed by atoms with Crippen molar-refractivity contribution in [3.63, 3.8) is 0 Å². The molecule has 0 radical (unpaired) electrons. The number of hydrogen-bond donors (Lipinski definition) is 2. The highest BCUT2D eigenvalue weighted by molar-refractivity contribution is 5.81. The molecule has 0 spiro atoms. The smallest absolute Gasteiger partial charge is 0.393 e. The molecule has 0 fully saturated rings. The molecule has 130 valence electrons. The summed E-state index contributed by atoms with van der Waals surface area (Å²) in [6.07, 6.45) is -4.95. The molecule has 24 heavy (non-hydrogen) atoms. The second-order valence-electron chi connectivity index (χ2n) is 5.38. The Morgan fingerprint density at radius 3 is 2.42 bits per heavy atom. The topological polar surface area (TPSA) is 82.1 Å². The molecular formula is C15H17F3N4O2. The zero-order valence-corrected chi connectivity index (χ0v) is 13.1. The normalized spacial score (nSPS) is 12.9. The number of aromatic nitrogens is 2. The number of carbonyl (C=O) groups excluding carboxylic acids is 1. The monoisotopic (exact) mass is 342 g/mol. The molecule has 0 bridgehead atoms. The molecule has 1 aromatic carbocycles. The van der Waals surface area contributed by atoms with Gasteiger partial charge in [-0.2, -0.15) is 13.2 Å². The van der Waals surface area contributed by atoms with Crippen molar-refractivity contribution in [2.45, 2.75) is 19.0 Å². The molecule has 1 atom stereocenters. The van der Waals surface area contributed by atoms with Crippen LogP contribution in [-0.2, 0) is 11.8 Å². The number of para-hydroxylation sites is 1. The van der Waals surface area contributed by atoms with E-state index >= 15 is 0 Å². The third-order valence-electron chi connectivity index (χ3n) is 3.64. The van der Waals surface area contributed by atoms with Crippen molar-refractivity contribution in [3.8, 4) is 5.69 Å². The van der Waals surface area contributed by atoms with Gasteiger partial charge in [0, 0.05) is 19.5 Å². The van der Waals surface area contributed by atoms with Gasteiger partial charge in [0.1, 0.15) is 5.69 Å². The van der Waals surface area contributed by atoms with E-state index in [0.717, 1.165) is 0 Å². The highest BCUT2D eigenvalue weighted by atomic mass is 19.4. The quantitative estimate of drug-likeness (QED) is 0.884. The van der Waals surface area contributed by atoms with Crippen molar-refractivity contribution in [1.29, 1.82) is 0 Å². The maximum atomic E-state index is 12.4. The largest absolute Gasteiger partial charge is 0.471 e. The van der Waals surface area contributed by atoms with Crippen LogP contribution in [0.15, 0.2) is 35.1 Å². The van der Waals surface area contributed by atoms with Crippen LogP contribution in [0, 0.1) is 0 Å². The number of nitrogens with one attached hydrogen (secondary N) is 1. The molecule has 1 heterocycles. The van der Waals surface area contributed by atoms with Gasteiger partial charge in [-0.1, -0.05) is 25.1 Å². The van der Waals surface area contributed by atoms with Crippen molar-refractivity contribution in [2.75, 3.05) is 12.3 Å². The molecule has 1 aromatic heterocycles. The second-order valence-corrected chi connectivity index (χ2v) is 5.38. The maximum Gasteiger partial charge on any atom is 0.471 e. The molecular weight excluding hydrogens is 325 g/mol. The minimum absolute atomic E-state index is 0.0601. The molecule has 6 nitrogen and oxygen atoms in total. The molecule has 0 aliphatic rings. The van der Waals surface area contributed by atoms with Gasteiger partial charge in [0.15, 0.2) is 0 Å². The maximum absolute atomic E-state index is 12.4. The number of alkyl halides is 3. The summed E-state index contributed by atoms with van der Waals surface area (Å²) in [6, 6.07) is 8.70. The number of carbonyl (C=O) groups is 1. The van der Waals surface area contributed by atoms with Crippen molar-refractivity contribution < 1.29 is 18.0 Å². The number of amides is 1. The van der Waals surface area contributed by atoms with Crippen LogP contribution >= 0.6 is 0 Å². The third-order valence-corrected chi connectivity index (χ3v) is 3.64. The number of nitrogen functional groups attached to an aromatic ring is 1. The Morgan fingerprint density at radius 2 is 1.88 bits per heavy atom. The molecule has 3 N–H and O–H groups in total. The predicted octanol–water partition coefficient (Wildman–Crippen LogP) is 1.54. The Kier molecular flexibility index (Phi) is 4.72. The van der Waals surface area contributed by atoms with Gasteiger partial charge in [0.25, 0.3) is 5.56 Å². The molecule has 2 rings (SSSR count). The van der Waals surface area contributed by atoms with Crippen molar-refractivity contribution in [3.05, 3.63) is 46.4 Å². The molecule has 0 aliphatic carbocycles. The van der Waals surface area contributed by atoms with Gasteiger partial charge < -0.3 is 11.1 Å². The average molecular weight is 342 g/mol. The van der Waals surface area contributed by atoms with E-state index in [-0.39, 0.29) is 12.2 Å². The minimum Gasteiger partial charge on any atom is -0.393 e. The first-order valence-corrected chi connectivity index (χ1v) is 7.12. The zero-order chi connectivity index (χ0) is 18.1. The second kappa shape index (κ2) is 6.42. The van der Waals surface area contributed by atoms with Gasteiger partial charge in [-0.25, -0.2) is 4.68 Å². The number of nitrogens with two attached hydrogens (primary N) is 1. The van der Waals surface area contributed by atoms with Gasteiger partial charge in [-0.3, -0.25) is 14.3 Å². The zero-order valence-electron chi connectivity index (χ0n) is 13.1. The lowest BCUT2D eigenvalue weighted by molar-refractivity contribution is -0.173. The van der Waals surface area contributed by atoms with Gasteiger partial charge in [-0.15, -0.1) is 0 Å². The first-order valence-electron chi connectivity index (χ1n) is 7.12. The van der Waals surface area contributed by atoms with E-state index in [1.807, 2.05) is 0 Å². The van der Waals surface area contributed by atoms with E-state index in [9.17, 15) is 22.8 Å². The van der Waals surface area contributed by atoms with E-state index in [2.05, 4.69) is 0 Å². The van der Waals surface area contributed by atoms with Crippen LogP contribution in [0.1, 0.15) is 18.5 Å². The highest BCUT2D eigenvalue weighted by Crippen LogP contribution is 2.21. The Labute approximate surface area is 135 Å². The van der Waals surface area contributed by atoms with Crippen LogP contribution in [0.5, 0.6) is 0 Å². The van der Waals surface area contributed by atoms with Crippen molar-refractivity contribution >= 4 is 11.6 Å². The Balaban J connectivity index is 2.32. The van der Waals surface area contributed by atoms with E-state index in [1.54, 1.807) is 49.6 Å². The predicted molar refractivity (Wildman–Crippen MR) is 82.9 cm³/mol. The molecule has 9 heteroatoms. The van der Waals surface area contributed by atoms with Crippen LogP contribution < -0.4 is 16.6 Å². The summed E-state index contributed by atoms with van der Waals surface area (Å²) >= 11 is 0. The van der Waals surface area contributed by atoms with E-state index in [1.165, 1.54) is 9.36 Å². The minimum atomic E-state index is -4.95. The van der Waals surface area contributed by atoms with Gasteiger partial charge in [0.2, 0.25) is 0 Å². The summed E-state index contributed by atoms with van der Waals surface area (Å²) in [5.41, 5.74) is 6.25. The van der Waals surface area contributed by atoms with E-state index in [0.29, 0.717) is 11.4 Å². The van der Waals surface area contributed by atoms with Crippen LogP contribution in [0.4, 0.5) is 18.9 Å². The fourth-order valence-electron chi connectivity index (χ4n) is 2.53. The van der Waals surface area contributed by atoms with Gasteiger partial charge >= 0.3 is 12.1 Å².